The monoisotopic (exact) mass is 260 g/mol. The van der Waals surface area contributed by atoms with E-state index in [9.17, 15) is 0 Å². The fraction of sp³-hybridized carbons (Fsp3) is 0.462. The summed E-state index contributed by atoms with van der Waals surface area (Å²) >= 11 is 0. The number of ether oxygens (including phenoxy) is 1. The van der Waals surface area contributed by atoms with Crippen molar-refractivity contribution < 1.29 is 9.26 Å². The highest BCUT2D eigenvalue weighted by Gasteiger charge is 2.20. The minimum Gasteiger partial charge on any atom is -0.381 e. The molecule has 1 unspecified atom stereocenters. The summed E-state index contributed by atoms with van der Waals surface area (Å²) in [7, 11) is 1.98. The normalized spacial score (nSPS) is 18.7. The molecule has 0 aromatic carbocycles. The largest absolute Gasteiger partial charge is 0.381 e. The van der Waals surface area contributed by atoms with E-state index in [4.69, 9.17) is 9.26 Å². The molecule has 6 heteroatoms. The lowest BCUT2D eigenvalue weighted by Crippen LogP contribution is -2.18. The van der Waals surface area contributed by atoms with Gasteiger partial charge in [-0.1, -0.05) is 5.16 Å². The summed E-state index contributed by atoms with van der Waals surface area (Å²) in [6.07, 6.45) is 4.22. The Kier molecular flexibility index (Phi) is 3.41. The van der Waals surface area contributed by atoms with Gasteiger partial charge in [-0.05, 0) is 6.42 Å². The Morgan fingerprint density at radius 3 is 3.11 bits per heavy atom. The zero-order valence-corrected chi connectivity index (χ0v) is 10.8. The Bertz CT molecular complexity index is 523. The summed E-state index contributed by atoms with van der Waals surface area (Å²) in [4.78, 5) is 10.7. The van der Waals surface area contributed by atoms with E-state index >= 15 is 0 Å². The molecule has 1 atom stereocenters. The predicted octanol–water partition coefficient (Wildman–Crippen LogP) is 1.60. The van der Waals surface area contributed by atoms with E-state index in [2.05, 4.69) is 15.1 Å². The van der Waals surface area contributed by atoms with E-state index in [-0.39, 0.29) is 0 Å². The van der Waals surface area contributed by atoms with Gasteiger partial charge in [0.2, 0.25) is 0 Å². The molecule has 100 valence electrons. The maximum atomic E-state index is 5.40. The van der Waals surface area contributed by atoms with Gasteiger partial charge in [0.15, 0.2) is 0 Å². The van der Waals surface area contributed by atoms with E-state index in [0.717, 1.165) is 36.8 Å². The third-order valence-corrected chi connectivity index (χ3v) is 3.30. The predicted molar refractivity (Wildman–Crippen MR) is 68.8 cm³/mol. The van der Waals surface area contributed by atoms with Crippen molar-refractivity contribution in [3.8, 4) is 0 Å². The molecule has 0 radical (unpaired) electrons. The minimum atomic E-state index is 0.391. The van der Waals surface area contributed by atoms with E-state index in [0.29, 0.717) is 12.5 Å². The molecule has 0 N–H and O–H groups in total. The summed E-state index contributed by atoms with van der Waals surface area (Å²) in [5, 5.41) is 3.90. The van der Waals surface area contributed by atoms with Crippen molar-refractivity contribution in [2.24, 2.45) is 0 Å². The second kappa shape index (κ2) is 5.36. The molecule has 1 aliphatic rings. The van der Waals surface area contributed by atoms with Crippen molar-refractivity contribution in [1.29, 1.82) is 0 Å². The molecular weight excluding hydrogens is 244 g/mol. The van der Waals surface area contributed by atoms with Gasteiger partial charge in [0.1, 0.15) is 24.1 Å². The van der Waals surface area contributed by atoms with Crippen LogP contribution in [0.5, 0.6) is 0 Å². The van der Waals surface area contributed by atoms with E-state index in [1.807, 2.05) is 24.1 Å². The number of anilines is 1. The van der Waals surface area contributed by atoms with Gasteiger partial charge in [0, 0.05) is 31.7 Å². The molecule has 0 bridgehead atoms. The highest BCUT2D eigenvalue weighted by Crippen LogP contribution is 2.25. The molecule has 2 aromatic heterocycles. The fourth-order valence-electron chi connectivity index (χ4n) is 2.20. The van der Waals surface area contributed by atoms with E-state index in [1.165, 1.54) is 0 Å². The first-order valence-electron chi connectivity index (χ1n) is 6.33. The van der Waals surface area contributed by atoms with Crippen LogP contribution in [0, 0.1) is 0 Å². The third kappa shape index (κ3) is 2.73. The topological polar surface area (TPSA) is 64.3 Å². The molecule has 3 rings (SSSR count). The van der Waals surface area contributed by atoms with Crippen molar-refractivity contribution in [1.82, 2.24) is 15.1 Å². The maximum absolute atomic E-state index is 5.40. The first-order valence-corrected chi connectivity index (χ1v) is 6.33. The molecule has 1 saturated heterocycles. The van der Waals surface area contributed by atoms with Crippen molar-refractivity contribution in [2.75, 3.05) is 25.2 Å². The zero-order chi connectivity index (χ0) is 13.1. The molecule has 6 nitrogen and oxygen atoms in total. The van der Waals surface area contributed by atoms with Gasteiger partial charge in [-0.25, -0.2) is 9.97 Å². The van der Waals surface area contributed by atoms with Gasteiger partial charge in [-0.15, -0.1) is 0 Å². The Morgan fingerprint density at radius 1 is 1.42 bits per heavy atom. The van der Waals surface area contributed by atoms with Gasteiger partial charge >= 0.3 is 0 Å². The first kappa shape index (κ1) is 12.1. The van der Waals surface area contributed by atoms with E-state index in [1.54, 1.807) is 12.6 Å². The quantitative estimate of drug-likeness (QED) is 0.832. The van der Waals surface area contributed by atoms with Crippen LogP contribution in [0.15, 0.2) is 29.2 Å². The number of aromatic nitrogens is 3. The van der Waals surface area contributed by atoms with Crippen molar-refractivity contribution in [3.63, 3.8) is 0 Å². The van der Waals surface area contributed by atoms with Crippen LogP contribution in [-0.4, -0.2) is 35.4 Å². The molecular formula is C13H16N4O2. The zero-order valence-electron chi connectivity index (χ0n) is 10.8. The summed E-state index contributed by atoms with van der Waals surface area (Å²) in [5.74, 6) is 1.28. The SMILES string of the molecule is CN(Cc1ccon1)c1cc(C2CCOC2)ncn1. The lowest BCUT2D eigenvalue weighted by Gasteiger charge is -2.17. The molecule has 1 fully saturated rings. The standard InChI is InChI=1S/C13H16N4O2/c1-17(7-11-3-5-19-16-11)13-6-12(14-9-15-13)10-2-4-18-8-10/h3,5-6,9-10H,2,4,7-8H2,1H3. The molecule has 2 aromatic rings. The van der Waals surface area contributed by atoms with Crippen LogP contribution >= 0.6 is 0 Å². The number of hydrogen-bond donors (Lipinski definition) is 0. The molecule has 0 aliphatic carbocycles. The number of rotatable bonds is 4. The molecule has 0 spiro atoms. The van der Waals surface area contributed by atoms with Crippen LogP contribution < -0.4 is 4.90 Å². The molecule has 1 aliphatic heterocycles. The highest BCUT2D eigenvalue weighted by atomic mass is 16.5. The van der Waals surface area contributed by atoms with Crippen LogP contribution in [-0.2, 0) is 11.3 Å². The first-order chi connectivity index (χ1) is 9.33. The number of nitrogens with zero attached hydrogens (tertiary/aromatic N) is 4. The fourth-order valence-corrected chi connectivity index (χ4v) is 2.20. The summed E-state index contributed by atoms with van der Waals surface area (Å²) in [5.41, 5.74) is 1.93. The Hall–Kier alpha value is -1.95. The van der Waals surface area contributed by atoms with Crippen molar-refractivity contribution >= 4 is 5.82 Å². The Labute approximate surface area is 111 Å². The van der Waals surface area contributed by atoms with Gasteiger partial charge in [0.25, 0.3) is 0 Å². The maximum Gasteiger partial charge on any atom is 0.132 e. The van der Waals surface area contributed by atoms with Crippen molar-refractivity contribution in [3.05, 3.63) is 36.1 Å². The summed E-state index contributed by atoms with van der Waals surface area (Å²) in [6.45, 7) is 2.23. The molecule has 0 saturated carbocycles. The lowest BCUT2D eigenvalue weighted by atomic mass is 10.0. The number of hydrogen-bond acceptors (Lipinski definition) is 6. The second-order valence-electron chi connectivity index (χ2n) is 4.71. The van der Waals surface area contributed by atoms with Gasteiger partial charge in [-0.2, -0.15) is 0 Å². The van der Waals surface area contributed by atoms with Gasteiger partial charge in [-0.3, -0.25) is 0 Å². The summed E-state index contributed by atoms with van der Waals surface area (Å²) < 4.78 is 10.2. The van der Waals surface area contributed by atoms with Crippen LogP contribution in [0.4, 0.5) is 5.82 Å². The molecule has 19 heavy (non-hydrogen) atoms. The van der Waals surface area contributed by atoms with Crippen molar-refractivity contribution in [2.45, 2.75) is 18.9 Å². The average Bonchev–Trinajstić information content (AvgIpc) is 3.12. The molecule has 3 heterocycles. The Balaban J connectivity index is 1.74. The van der Waals surface area contributed by atoms with E-state index < -0.39 is 0 Å². The Morgan fingerprint density at radius 2 is 2.37 bits per heavy atom. The third-order valence-electron chi connectivity index (χ3n) is 3.30. The van der Waals surface area contributed by atoms with Crippen LogP contribution in [0.1, 0.15) is 23.7 Å². The highest BCUT2D eigenvalue weighted by molar-refractivity contribution is 5.39. The minimum absolute atomic E-state index is 0.391. The van der Waals surface area contributed by atoms with Crippen LogP contribution in [0.3, 0.4) is 0 Å². The average molecular weight is 260 g/mol. The van der Waals surface area contributed by atoms with Crippen LogP contribution in [0.2, 0.25) is 0 Å². The van der Waals surface area contributed by atoms with Crippen LogP contribution in [0.25, 0.3) is 0 Å². The van der Waals surface area contributed by atoms with Gasteiger partial charge < -0.3 is 14.2 Å². The smallest absolute Gasteiger partial charge is 0.132 e. The summed E-state index contributed by atoms with van der Waals surface area (Å²) in [6, 6.07) is 3.88. The lowest BCUT2D eigenvalue weighted by molar-refractivity contribution is 0.193. The van der Waals surface area contributed by atoms with Gasteiger partial charge in [0.05, 0.1) is 18.8 Å². The molecule has 0 amide bonds. The second-order valence-corrected chi connectivity index (χ2v) is 4.71.